The molecule has 0 spiro atoms. The summed E-state index contributed by atoms with van der Waals surface area (Å²) in [6.45, 7) is 0. The number of nitro benzene ring substituents is 1. The SMILES string of the molecule is COc1ccc(CC2C=C(c3ccccc3[N+](=O)[O-])NO2)cc1. The van der Waals surface area contributed by atoms with Crippen molar-refractivity contribution >= 4 is 11.4 Å². The third-order valence-electron chi connectivity index (χ3n) is 3.66. The van der Waals surface area contributed by atoms with Gasteiger partial charge in [-0.1, -0.05) is 24.3 Å². The molecule has 3 rings (SSSR count). The van der Waals surface area contributed by atoms with Crippen molar-refractivity contribution in [3.63, 3.8) is 0 Å². The van der Waals surface area contributed by atoms with Crippen LogP contribution in [0.3, 0.4) is 0 Å². The number of hydroxylamine groups is 1. The Labute approximate surface area is 133 Å². The van der Waals surface area contributed by atoms with Gasteiger partial charge in [0.25, 0.3) is 5.69 Å². The lowest BCUT2D eigenvalue weighted by Gasteiger charge is -2.08. The first-order valence-corrected chi connectivity index (χ1v) is 7.17. The van der Waals surface area contributed by atoms with Crippen LogP contribution in [0.2, 0.25) is 0 Å². The summed E-state index contributed by atoms with van der Waals surface area (Å²) in [4.78, 5) is 16.2. The molecule has 1 atom stereocenters. The number of benzene rings is 2. The molecule has 0 amide bonds. The number of nitro groups is 1. The lowest BCUT2D eigenvalue weighted by molar-refractivity contribution is -0.385. The molecule has 0 saturated carbocycles. The predicted octanol–water partition coefficient (Wildman–Crippen LogP) is 3.09. The van der Waals surface area contributed by atoms with E-state index < -0.39 is 4.92 Å². The first-order chi connectivity index (χ1) is 11.2. The van der Waals surface area contributed by atoms with Crippen molar-refractivity contribution in [2.24, 2.45) is 0 Å². The molecule has 0 saturated heterocycles. The van der Waals surface area contributed by atoms with E-state index >= 15 is 0 Å². The van der Waals surface area contributed by atoms with Crippen LogP contribution in [0.5, 0.6) is 5.75 Å². The van der Waals surface area contributed by atoms with Gasteiger partial charge in [-0.25, -0.2) is 0 Å². The molecule has 0 fully saturated rings. The second kappa shape index (κ2) is 6.50. The topological polar surface area (TPSA) is 73.6 Å². The second-order valence-electron chi connectivity index (χ2n) is 5.17. The smallest absolute Gasteiger partial charge is 0.278 e. The fourth-order valence-electron chi connectivity index (χ4n) is 2.49. The number of hydrogen-bond donors (Lipinski definition) is 1. The molecule has 2 aromatic rings. The van der Waals surface area contributed by atoms with Crippen LogP contribution in [-0.4, -0.2) is 18.1 Å². The van der Waals surface area contributed by atoms with Crippen molar-refractivity contribution < 1.29 is 14.5 Å². The lowest BCUT2D eigenvalue weighted by atomic mass is 10.0. The summed E-state index contributed by atoms with van der Waals surface area (Å²) in [5.74, 6) is 0.801. The molecule has 1 N–H and O–H groups in total. The molecule has 0 aliphatic carbocycles. The highest BCUT2D eigenvalue weighted by atomic mass is 16.7. The van der Waals surface area contributed by atoms with Crippen LogP contribution in [0.25, 0.3) is 5.70 Å². The Kier molecular flexibility index (Phi) is 4.25. The Morgan fingerprint density at radius 1 is 1.22 bits per heavy atom. The van der Waals surface area contributed by atoms with Crippen LogP contribution in [0.1, 0.15) is 11.1 Å². The minimum atomic E-state index is -0.394. The van der Waals surface area contributed by atoms with Gasteiger partial charge in [0, 0.05) is 12.5 Å². The van der Waals surface area contributed by atoms with E-state index in [2.05, 4.69) is 5.48 Å². The van der Waals surface area contributed by atoms with E-state index in [1.165, 1.54) is 6.07 Å². The summed E-state index contributed by atoms with van der Waals surface area (Å²) in [5, 5.41) is 11.1. The van der Waals surface area contributed by atoms with Crippen molar-refractivity contribution in [2.45, 2.75) is 12.5 Å². The quantitative estimate of drug-likeness (QED) is 0.678. The van der Waals surface area contributed by atoms with Crippen molar-refractivity contribution in [3.05, 3.63) is 75.8 Å². The van der Waals surface area contributed by atoms with Crippen LogP contribution in [0, 0.1) is 10.1 Å². The fraction of sp³-hybridized carbons (Fsp3) is 0.176. The standard InChI is InChI=1S/C17H16N2O4/c1-22-13-8-6-12(7-9-13)10-14-11-16(18-23-14)15-4-2-3-5-17(15)19(20)21/h2-9,11,14,18H,10H2,1H3. The summed E-state index contributed by atoms with van der Waals surface area (Å²) < 4.78 is 5.13. The van der Waals surface area contributed by atoms with Crippen molar-refractivity contribution in [3.8, 4) is 5.75 Å². The molecule has 0 radical (unpaired) electrons. The summed E-state index contributed by atoms with van der Waals surface area (Å²) in [7, 11) is 1.63. The third-order valence-corrected chi connectivity index (χ3v) is 3.66. The summed E-state index contributed by atoms with van der Waals surface area (Å²) in [6.07, 6.45) is 2.35. The van der Waals surface area contributed by atoms with Gasteiger partial charge in [-0.3, -0.25) is 20.4 Å². The number of rotatable bonds is 5. The van der Waals surface area contributed by atoms with Gasteiger partial charge in [-0.05, 0) is 29.8 Å². The Hall–Kier alpha value is -2.86. The van der Waals surface area contributed by atoms with E-state index in [0.29, 0.717) is 17.7 Å². The van der Waals surface area contributed by atoms with Gasteiger partial charge >= 0.3 is 0 Å². The van der Waals surface area contributed by atoms with Gasteiger partial charge in [0.05, 0.1) is 23.3 Å². The summed E-state index contributed by atoms with van der Waals surface area (Å²) in [6, 6.07) is 14.3. The molecule has 2 aromatic carbocycles. The molecule has 0 bridgehead atoms. The molecule has 1 aliphatic rings. The average molecular weight is 312 g/mol. The van der Waals surface area contributed by atoms with Crippen LogP contribution in [0.15, 0.2) is 54.6 Å². The van der Waals surface area contributed by atoms with Gasteiger partial charge in [-0.15, -0.1) is 0 Å². The first-order valence-electron chi connectivity index (χ1n) is 7.17. The number of nitrogens with one attached hydrogen (secondary N) is 1. The highest BCUT2D eigenvalue weighted by Gasteiger charge is 2.23. The average Bonchev–Trinajstić information content (AvgIpc) is 3.04. The molecular formula is C17H16N2O4. The Morgan fingerprint density at radius 3 is 2.65 bits per heavy atom. The van der Waals surface area contributed by atoms with Crippen LogP contribution in [-0.2, 0) is 11.3 Å². The van der Waals surface area contributed by atoms with Crippen molar-refractivity contribution in [1.29, 1.82) is 0 Å². The summed E-state index contributed by atoms with van der Waals surface area (Å²) in [5.41, 5.74) is 5.09. The highest BCUT2D eigenvalue weighted by Crippen LogP contribution is 2.28. The molecule has 118 valence electrons. The molecule has 1 aliphatic heterocycles. The van der Waals surface area contributed by atoms with E-state index in [1.54, 1.807) is 25.3 Å². The lowest BCUT2D eigenvalue weighted by Crippen LogP contribution is -2.14. The minimum Gasteiger partial charge on any atom is -0.497 e. The van der Waals surface area contributed by atoms with Gasteiger partial charge in [-0.2, -0.15) is 0 Å². The van der Waals surface area contributed by atoms with E-state index in [-0.39, 0.29) is 11.8 Å². The van der Waals surface area contributed by atoms with Crippen molar-refractivity contribution in [2.75, 3.05) is 7.11 Å². The highest BCUT2D eigenvalue weighted by molar-refractivity contribution is 5.72. The number of nitrogens with zero attached hydrogens (tertiary/aromatic N) is 1. The molecule has 6 heteroatoms. The maximum absolute atomic E-state index is 11.1. The molecule has 0 aromatic heterocycles. The molecular weight excluding hydrogens is 296 g/mol. The Morgan fingerprint density at radius 2 is 1.96 bits per heavy atom. The van der Waals surface area contributed by atoms with Gasteiger partial charge in [0.1, 0.15) is 11.9 Å². The van der Waals surface area contributed by atoms with E-state index in [1.807, 2.05) is 30.3 Å². The Bertz CT molecular complexity index is 741. The van der Waals surface area contributed by atoms with Crippen LogP contribution < -0.4 is 10.2 Å². The van der Waals surface area contributed by atoms with E-state index in [0.717, 1.165) is 11.3 Å². The first kappa shape index (κ1) is 15.1. The van der Waals surface area contributed by atoms with Gasteiger partial charge < -0.3 is 4.74 Å². The number of ether oxygens (including phenoxy) is 1. The monoisotopic (exact) mass is 312 g/mol. The molecule has 6 nitrogen and oxygen atoms in total. The zero-order valence-corrected chi connectivity index (χ0v) is 12.6. The maximum Gasteiger partial charge on any atom is 0.278 e. The summed E-state index contributed by atoms with van der Waals surface area (Å²) >= 11 is 0. The van der Waals surface area contributed by atoms with Gasteiger partial charge in [0.2, 0.25) is 0 Å². The van der Waals surface area contributed by atoms with Crippen molar-refractivity contribution in [1.82, 2.24) is 5.48 Å². The van der Waals surface area contributed by atoms with Gasteiger partial charge in [0.15, 0.2) is 0 Å². The predicted molar refractivity (Wildman–Crippen MR) is 85.8 cm³/mol. The number of para-hydroxylation sites is 1. The molecule has 1 unspecified atom stereocenters. The zero-order chi connectivity index (χ0) is 16.2. The molecule has 1 heterocycles. The normalized spacial score (nSPS) is 16.6. The fourth-order valence-corrected chi connectivity index (χ4v) is 2.49. The zero-order valence-electron chi connectivity index (χ0n) is 12.6. The van der Waals surface area contributed by atoms with Crippen LogP contribution >= 0.6 is 0 Å². The number of hydrogen-bond acceptors (Lipinski definition) is 5. The maximum atomic E-state index is 11.1. The van der Waals surface area contributed by atoms with Crippen LogP contribution in [0.4, 0.5) is 5.69 Å². The molecule has 23 heavy (non-hydrogen) atoms. The number of methoxy groups -OCH3 is 1. The third kappa shape index (κ3) is 3.32. The Balaban J connectivity index is 1.77. The van der Waals surface area contributed by atoms with E-state index in [9.17, 15) is 10.1 Å². The minimum absolute atomic E-state index is 0.0555. The largest absolute Gasteiger partial charge is 0.497 e. The second-order valence-corrected chi connectivity index (χ2v) is 5.17. The van der Waals surface area contributed by atoms with E-state index in [4.69, 9.17) is 9.57 Å².